The second-order valence-corrected chi connectivity index (χ2v) is 5.47. The highest BCUT2D eigenvalue weighted by Gasteiger charge is 2.28. The lowest BCUT2D eigenvalue weighted by Gasteiger charge is -2.36. The van der Waals surface area contributed by atoms with E-state index in [9.17, 15) is 4.79 Å². The van der Waals surface area contributed by atoms with Crippen LogP contribution in [0.3, 0.4) is 0 Å². The van der Waals surface area contributed by atoms with E-state index in [2.05, 4.69) is 10.3 Å². The molecule has 1 N–H and O–H groups in total. The summed E-state index contributed by atoms with van der Waals surface area (Å²) in [6.45, 7) is 4.74. The Balaban J connectivity index is 1.85. The first kappa shape index (κ1) is 15.5. The summed E-state index contributed by atoms with van der Waals surface area (Å²) in [7, 11) is 0. The van der Waals surface area contributed by atoms with Crippen molar-refractivity contribution < 1.29 is 9.53 Å². The monoisotopic (exact) mass is 311 g/mol. The van der Waals surface area contributed by atoms with Crippen LogP contribution in [0.2, 0.25) is 0 Å². The quantitative estimate of drug-likeness (QED) is 0.941. The lowest BCUT2D eigenvalue weighted by Crippen LogP contribution is -2.48. The molecule has 0 radical (unpaired) electrons. The molecule has 1 fully saturated rings. The van der Waals surface area contributed by atoms with Crippen molar-refractivity contribution in [1.29, 1.82) is 0 Å². The summed E-state index contributed by atoms with van der Waals surface area (Å²) in [6, 6.07) is 11.3. The first-order chi connectivity index (χ1) is 11.3. The molecule has 5 nitrogen and oxygen atoms in total. The Morgan fingerprint density at radius 2 is 2.30 bits per heavy atom. The van der Waals surface area contributed by atoms with Crippen molar-refractivity contribution >= 4 is 5.91 Å². The predicted molar refractivity (Wildman–Crippen MR) is 88.5 cm³/mol. The van der Waals surface area contributed by atoms with E-state index in [1.54, 1.807) is 6.20 Å². The van der Waals surface area contributed by atoms with Crippen LogP contribution in [0.25, 0.3) is 0 Å². The molecule has 1 atom stereocenters. The number of hydrogen-bond donors (Lipinski definition) is 1. The van der Waals surface area contributed by atoms with Crippen molar-refractivity contribution in [3.63, 3.8) is 0 Å². The molecular weight excluding hydrogens is 290 g/mol. The molecule has 2 heterocycles. The summed E-state index contributed by atoms with van der Waals surface area (Å²) < 4.78 is 5.50. The lowest BCUT2D eigenvalue weighted by molar-refractivity contribution is 0.0633. The number of nitrogens with zero attached hydrogens (tertiary/aromatic N) is 2. The van der Waals surface area contributed by atoms with Crippen LogP contribution in [-0.2, 0) is 0 Å². The molecule has 120 valence electrons. The largest absolute Gasteiger partial charge is 0.494 e. The van der Waals surface area contributed by atoms with Crippen LogP contribution in [0.5, 0.6) is 5.75 Å². The average Bonchev–Trinajstić information content (AvgIpc) is 2.62. The maximum Gasteiger partial charge on any atom is 0.254 e. The molecule has 0 saturated carbocycles. The van der Waals surface area contributed by atoms with Gasteiger partial charge in [-0.25, -0.2) is 0 Å². The molecule has 3 rings (SSSR count). The number of rotatable bonds is 4. The highest BCUT2D eigenvalue weighted by Crippen LogP contribution is 2.24. The van der Waals surface area contributed by atoms with Gasteiger partial charge in [0.2, 0.25) is 0 Å². The van der Waals surface area contributed by atoms with Gasteiger partial charge in [-0.3, -0.25) is 9.78 Å². The number of pyridine rings is 1. The molecule has 1 aromatic carbocycles. The lowest BCUT2D eigenvalue weighted by atomic mass is 10.0. The molecule has 1 aliphatic heterocycles. The summed E-state index contributed by atoms with van der Waals surface area (Å²) in [5.41, 5.74) is 1.71. The van der Waals surface area contributed by atoms with Crippen LogP contribution in [0.4, 0.5) is 0 Å². The molecule has 2 aromatic rings. The van der Waals surface area contributed by atoms with Gasteiger partial charge < -0.3 is 15.0 Å². The Hall–Kier alpha value is -2.40. The molecule has 1 aromatic heterocycles. The highest BCUT2D eigenvalue weighted by molar-refractivity contribution is 5.95. The van der Waals surface area contributed by atoms with Crippen molar-refractivity contribution in [1.82, 2.24) is 15.2 Å². The van der Waals surface area contributed by atoms with Gasteiger partial charge in [-0.2, -0.15) is 0 Å². The van der Waals surface area contributed by atoms with Gasteiger partial charge in [-0.15, -0.1) is 0 Å². The fraction of sp³-hybridized carbons (Fsp3) is 0.333. The van der Waals surface area contributed by atoms with E-state index in [1.807, 2.05) is 54.4 Å². The maximum absolute atomic E-state index is 13.0. The van der Waals surface area contributed by atoms with E-state index < -0.39 is 0 Å². The summed E-state index contributed by atoms with van der Waals surface area (Å²) in [4.78, 5) is 19.1. The van der Waals surface area contributed by atoms with Gasteiger partial charge in [0, 0.05) is 37.6 Å². The van der Waals surface area contributed by atoms with Crippen LogP contribution in [0, 0.1) is 0 Å². The summed E-state index contributed by atoms with van der Waals surface area (Å²) >= 11 is 0. The number of piperazine rings is 1. The Morgan fingerprint density at radius 1 is 1.39 bits per heavy atom. The van der Waals surface area contributed by atoms with Crippen molar-refractivity contribution in [3.8, 4) is 5.75 Å². The summed E-state index contributed by atoms with van der Waals surface area (Å²) in [5.74, 6) is 0.758. The zero-order valence-corrected chi connectivity index (χ0v) is 13.2. The molecule has 1 amide bonds. The molecule has 23 heavy (non-hydrogen) atoms. The fourth-order valence-electron chi connectivity index (χ4n) is 2.87. The Morgan fingerprint density at radius 3 is 3.09 bits per heavy atom. The molecule has 0 bridgehead atoms. The van der Waals surface area contributed by atoms with Crippen LogP contribution >= 0.6 is 0 Å². The minimum absolute atomic E-state index is 0.000648. The standard InChI is InChI=1S/C18H21N3O2/c1-2-23-16-7-3-5-14(11-16)18(22)21-10-9-20-13-17(21)15-6-4-8-19-12-15/h3-8,11-12,17,20H,2,9-10,13H2,1H3. The molecule has 1 aliphatic rings. The molecule has 1 saturated heterocycles. The Bertz CT molecular complexity index is 660. The Labute approximate surface area is 136 Å². The van der Waals surface area contributed by atoms with Gasteiger partial charge in [0.25, 0.3) is 5.91 Å². The van der Waals surface area contributed by atoms with E-state index in [1.165, 1.54) is 0 Å². The number of carbonyl (C=O) groups is 1. The van der Waals surface area contributed by atoms with Crippen LogP contribution in [0.1, 0.15) is 28.9 Å². The number of hydrogen-bond acceptors (Lipinski definition) is 4. The van der Waals surface area contributed by atoms with Gasteiger partial charge in [0.1, 0.15) is 5.75 Å². The van der Waals surface area contributed by atoms with Crippen molar-refractivity contribution in [2.24, 2.45) is 0 Å². The summed E-state index contributed by atoms with van der Waals surface area (Å²) in [6.07, 6.45) is 3.58. The van der Waals surface area contributed by atoms with Gasteiger partial charge >= 0.3 is 0 Å². The summed E-state index contributed by atoms with van der Waals surface area (Å²) in [5, 5.41) is 3.35. The topological polar surface area (TPSA) is 54.5 Å². The second kappa shape index (κ2) is 7.24. The third-order valence-corrected chi connectivity index (χ3v) is 3.97. The van der Waals surface area contributed by atoms with E-state index in [4.69, 9.17) is 4.74 Å². The normalized spacial score (nSPS) is 17.8. The molecular formula is C18H21N3O2. The van der Waals surface area contributed by atoms with Crippen molar-refractivity contribution in [2.45, 2.75) is 13.0 Å². The third-order valence-electron chi connectivity index (χ3n) is 3.97. The Kier molecular flexibility index (Phi) is 4.88. The second-order valence-electron chi connectivity index (χ2n) is 5.47. The number of benzene rings is 1. The third kappa shape index (κ3) is 3.51. The van der Waals surface area contributed by atoms with Crippen LogP contribution < -0.4 is 10.1 Å². The number of nitrogens with one attached hydrogen (secondary N) is 1. The van der Waals surface area contributed by atoms with Gasteiger partial charge in [-0.05, 0) is 36.8 Å². The molecule has 5 heteroatoms. The van der Waals surface area contributed by atoms with Crippen LogP contribution in [0.15, 0.2) is 48.8 Å². The molecule has 1 unspecified atom stereocenters. The van der Waals surface area contributed by atoms with Crippen molar-refractivity contribution in [3.05, 3.63) is 59.9 Å². The minimum atomic E-state index is 0.000648. The average molecular weight is 311 g/mol. The van der Waals surface area contributed by atoms with Gasteiger partial charge in [0.15, 0.2) is 0 Å². The fourth-order valence-corrected chi connectivity index (χ4v) is 2.87. The molecule has 0 aliphatic carbocycles. The zero-order valence-electron chi connectivity index (χ0n) is 13.2. The smallest absolute Gasteiger partial charge is 0.254 e. The number of amides is 1. The number of carbonyl (C=O) groups excluding carboxylic acids is 1. The SMILES string of the molecule is CCOc1cccc(C(=O)N2CCNCC2c2cccnc2)c1. The highest BCUT2D eigenvalue weighted by atomic mass is 16.5. The first-order valence-electron chi connectivity index (χ1n) is 7.94. The van der Waals surface area contributed by atoms with Crippen molar-refractivity contribution in [2.75, 3.05) is 26.2 Å². The minimum Gasteiger partial charge on any atom is -0.494 e. The predicted octanol–water partition coefficient (Wildman–Crippen LogP) is 2.27. The number of ether oxygens (including phenoxy) is 1. The van der Waals surface area contributed by atoms with Gasteiger partial charge in [-0.1, -0.05) is 12.1 Å². The first-order valence-corrected chi connectivity index (χ1v) is 7.94. The van der Waals surface area contributed by atoms with E-state index in [0.717, 1.165) is 24.4 Å². The molecule has 0 spiro atoms. The van der Waals surface area contributed by atoms with Gasteiger partial charge in [0.05, 0.1) is 12.6 Å². The maximum atomic E-state index is 13.0. The van der Waals surface area contributed by atoms with E-state index >= 15 is 0 Å². The number of aromatic nitrogens is 1. The van der Waals surface area contributed by atoms with Crippen LogP contribution in [-0.4, -0.2) is 42.0 Å². The van der Waals surface area contributed by atoms with E-state index in [0.29, 0.717) is 18.7 Å². The zero-order chi connectivity index (χ0) is 16.1. The van der Waals surface area contributed by atoms with E-state index in [-0.39, 0.29) is 11.9 Å².